The van der Waals surface area contributed by atoms with E-state index in [2.05, 4.69) is 20.8 Å². The van der Waals surface area contributed by atoms with Crippen molar-refractivity contribution in [2.75, 3.05) is 0 Å². The minimum Gasteiger partial charge on any atom is -0.173 e. The molecule has 0 aliphatic rings. The van der Waals surface area contributed by atoms with Crippen molar-refractivity contribution in [3.8, 4) is 0 Å². The molecule has 1 heteroatoms. The van der Waals surface area contributed by atoms with Crippen LogP contribution in [0.2, 0.25) is 0 Å². The number of hydrogen-bond acceptors (Lipinski definition) is 1. The largest absolute Gasteiger partial charge is 0.173 e. The summed E-state index contributed by atoms with van der Waals surface area (Å²) in [4.78, 5) is 0. The molecule has 0 aliphatic heterocycles. The lowest BCUT2D eigenvalue weighted by atomic mass is 9.92. The zero-order valence-electron chi connectivity index (χ0n) is 13.1. The molecule has 0 bridgehead atoms. The van der Waals surface area contributed by atoms with Crippen molar-refractivity contribution >= 4 is 12.6 Å². The molecule has 0 aromatic rings. The Hall–Kier alpha value is 0.350. The molecule has 18 heavy (non-hydrogen) atoms. The Balaban J connectivity index is 3.33. The number of unbranched alkanes of at least 4 members (excludes halogenated alkanes) is 8. The molecular formula is C17H36S. The Morgan fingerprint density at radius 2 is 1.11 bits per heavy atom. The maximum absolute atomic E-state index is 4.88. The normalized spacial score (nSPS) is 14.7. The summed E-state index contributed by atoms with van der Waals surface area (Å²) in [5.41, 5.74) is 0. The van der Waals surface area contributed by atoms with Gasteiger partial charge in [-0.05, 0) is 19.3 Å². The fourth-order valence-corrected chi connectivity index (χ4v) is 3.09. The lowest BCUT2D eigenvalue weighted by Gasteiger charge is -2.26. The van der Waals surface area contributed by atoms with Crippen molar-refractivity contribution in [2.24, 2.45) is 0 Å². The van der Waals surface area contributed by atoms with E-state index in [1.54, 1.807) is 0 Å². The Labute approximate surface area is 122 Å². The van der Waals surface area contributed by atoms with E-state index >= 15 is 0 Å². The molecule has 1 unspecified atom stereocenters. The van der Waals surface area contributed by atoms with E-state index < -0.39 is 0 Å². The maximum Gasteiger partial charge on any atom is 0.0127 e. The molecular weight excluding hydrogens is 236 g/mol. The fourth-order valence-electron chi connectivity index (χ4n) is 2.71. The van der Waals surface area contributed by atoms with Crippen LogP contribution in [0.4, 0.5) is 0 Å². The molecule has 0 aromatic carbocycles. The molecule has 0 N–H and O–H groups in total. The first-order valence-electron chi connectivity index (χ1n) is 8.41. The van der Waals surface area contributed by atoms with E-state index in [-0.39, 0.29) is 0 Å². The van der Waals surface area contributed by atoms with Crippen LogP contribution in [0, 0.1) is 0 Å². The molecule has 0 spiro atoms. The van der Waals surface area contributed by atoms with Crippen LogP contribution >= 0.6 is 12.6 Å². The summed E-state index contributed by atoms with van der Waals surface area (Å²) in [6.45, 7) is 6.85. The summed E-state index contributed by atoms with van der Waals surface area (Å²) in [5, 5.41) is 0. The highest BCUT2D eigenvalue weighted by Crippen LogP contribution is 2.31. The van der Waals surface area contributed by atoms with Gasteiger partial charge in [-0.15, -0.1) is 0 Å². The number of hydrogen-bond donors (Lipinski definition) is 1. The molecule has 0 aromatic heterocycles. The highest BCUT2D eigenvalue weighted by Gasteiger charge is 2.20. The van der Waals surface area contributed by atoms with E-state index in [9.17, 15) is 0 Å². The minimum absolute atomic E-state index is 0.329. The summed E-state index contributed by atoms with van der Waals surface area (Å²) >= 11 is 4.88. The molecule has 0 amide bonds. The van der Waals surface area contributed by atoms with Gasteiger partial charge in [-0.3, -0.25) is 0 Å². The Bertz CT molecular complexity index is 167. The van der Waals surface area contributed by atoms with Gasteiger partial charge in [0, 0.05) is 4.75 Å². The summed E-state index contributed by atoms with van der Waals surface area (Å²) in [7, 11) is 0. The summed E-state index contributed by atoms with van der Waals surface area (Å²) in [6.07, 6.45) is 17.9. The van der Waals surface area contributed by atoms with Gasteiger partial charge < -0.3 is 0 Å². The summed E-state index contributed by atoms with van der Waals surface area (Å²) in [6, 6.07) is 0. The van der Waals surface area contributed by atoms with E-state index in [4.69, 9.17) is 12.6 Å². The maximum atomic E-state index is 4.88. The van der Waals surface area contributed by atoms with Crippen molar-refractivity contribution in [3.63, 3.8) is 0 Å². The monoisotopic (exact) mass is 272 g/mol. The summed E-state index contributed by atoms with van der Waals surface area (Å²) in [5.74, 6) is 0. The first kappa shape index (κ1) is 18.4. The molecule has 0 radical (unpaired) electrons. The van der Waals surface area contributed by atoms with Gasteiger partial charge in [0.2, 0.25) is 0 Å². The smallest absolute Gasteiger partial charge is 0.0127 e. The van der Waals surface area contributed by atoms with Crippen LogP contribution in [0.15, 0.2) is 0 Å². The van der Waals surface area contributed by atoms with Gasteiger partial charge in [0.15, 0.2) is 0 Å². The minimum atomic E-state index is 0.329. The van der Waals surface area contributed by atoms with Crippen LogP contribution in [0.1, 0.15) is 104 Å². The summed E-state index contributed by atoms with van der Waals surface area (Å²) < 4.78 is 0.329. The van der Waals surface area contributed by atoms with Gasteiger partial charge in [0.1, 0.15) is 0 Å². The van der Waals surface area contributed by atoms with Crippen LogP contribution in [0.3, 0.4) is 0 Å². The molecule has 0 heterocycles. The van der Waals surface area contributed by atoms with Crippen LogP contribution in [0.5, 0.6) is 0 Å². The van der Waals surface area contributed by atoms with Gasteiger partial charge in [0.25, 0.3) is 0 Å². The van der Waals surface area contributed by atoms with E-state index in [0.717, 1.165) is 0 Å². The lowest BCUT2D eigenvalue weighted by molar-refractivity contribution is 0.452. The Morgan fingerprint density at radius 3 is 1.56 bits per heavy atom. The van der Waals surface area contributed by atoms with Gasteiger partial charge in [-0.1, -0.05) is 85.0 Å². The zero-order valence-corrected chi connectivity index (χ0v) is 14.0. The number of thiol groups is 1. The number of rotatable bonds is 13. The predicted octanol–water partition coefficient (Wildman–Crippen LogP) is 6.79. The second-order valence-corrected chi connectivity index (χ2v) is 6.86. The Morgan fingerprint density at radius 1 is 0.611 bits per heavy atom. The van der Waals surface area contributed by atoms with Gasteiger partial charge in [0.05, 0.1) is 0 Å². The third-order valence-corrected chi connectivity index (χ3v) is 4.88. The molecule has 0 fully saturated rings. The SMILES string of the molecule is CCCCCCCCCCCC(S)(CC)CCC. The molecule has 0 aliphatic carbocycles. The predicted molar refractivity (Wildman–Crippen MR) is 88.8 cm³/mol. The van der Waals surface area contributed by atoms with Crippen molar-refractivity contribution in [1.29, 1.82) is 0 Å². The third kappa shape index (κ3) is 10.3. The Kier molecular flexibility index (Phi) is 12.6. The quantitative estimate of drug-likeness (QED) is 0.277. The second kappa shape index (κ2) is 12.4. The first-order valence-corrected chi connectivity index (χ1v) is 8.85. The molecule has 0 rings (SSSR count). The topological polar surface area (TPSA) is 0 Å². The van der Waals surface area contributed by atoms with Crippen LogP contribution < -0.4 is 0 Å². The molecule has 0 saturated heterocycles. The van der Waals surface area contributed by atoms with Crippen LogP contribution in [-0.4, -0.2) is 4.75 Å². The lowest BCUT2D eigenvalue weighted by Crippen LogP contribution is -2.19. The van der Waals surface area contributed by atoms with Crippen LogP contribution in [0.25, 0.3) is 0 Å². The standard InChI is InChI=1S/C17H36S/c1-4-7-8-9-10-11-12-13-14-16-17(18,6-3)15-5-2/h18H,4-16H2,1-3H3. The third-order valence-electron chi connectivity index (χ3n) is 4.12. The van der Waals surface area contributed by atoms with Crippen molar-refractivity contribution in [2.45, 2.75) is 109 Å². The van der Waals surface area contributed by atoms with E-state index in [0.29, 0.717) is 4.75 Å². The van der Waals surface area contributed by atoms with Gasteiger partial charge in [-0.2, -0.15) is 12.6 Å². The fraction of sp³-hybridized carbons (Fsp3) is 1.00. The van der Waals surface area contributed by atoms with E-state index in [1.165, 1.54) is 83.5 Å². The second-order valence-electron chi connectivity index (χ2n) is 5.91. The van der Waals surface area contributed by atoms with Gasteiger partial charge >= 0.3 is 0 Å². The highest BCUT2D eigenvalue weighted by molar-refractivity contribution is 7.81. The molecule has 0 nitrogen and oxygen atoms in total. The molecule has 1 atom stereocenters. The first-order chi connectivity index (χ1) is 8.68. The molecule has 0 saturated carbocycles. The molecule has 110 valence electrons. The zero-order chi connectivity index (χ0) is 13.7. The average Bonchev–Trinajstić information content (AvgIpc) is 2.37. The van der Waals surface area contributed by atoms with Crippen LogP contribution in [-0.2, 0) is 0 Å². The average molecular weight is 273 g/mol. The highest BCUT2D eigenvalue weighted by atomic mass is 32.1. The van der Waals surface area contributed by atoms with Crippen molar-refractivity contribution in [3.05, 3.63) is 0 Å². The van der Waals surface area contributed by atoms with Gasteiger partial charge in [-0.25, -0.2) is 0 Å². The van der Waals surface area contributed by atoms with Crippen molar-refractivity contribution in [1.82, 2.24) is 0 Å². The van der Waals surface area contributed by atoms with Crippen molar-refractivity contribution < 1.29 is 0 Å². The van der Waals surface area contributed by atoms with E-state index in [1.807, 2.05) is 0 Å².